The highest BCUT2D eigenvalue weighted by Crippen LogP contribution is 2.02. The predicted molar refractivity (Wildman–Crippen MR) is 27.4 cm³/mol. The first-order valence-electron chi connectivity index (χ1n) is 2.26. The fourth-order valence-corrected chi connectivity index (χ4v) is 0.380. The molecule has 1 radical (unpaired) electrons. The Morgan fingerprint density at radius 3 is 3.25 bits per heavy atom. The summed E-state index contributed by atoms with van der Waals surface area (Å²) in [4.78, 5) is 0. The van der Waals surface area contributed by atoms with Gasteiger partial charge in [-0.25, -0.2) is 0 Å². The molecule has 3 heteroatoms. The molecule has 0 atom stereocenters. The average Bonchev–Trinajstić information content (AvgIpc) is 2.19. The zero-order valence-electron chi connectivity index (χ0n) is 4.33. The summed E-state index contributed by atoms with van der Waals surface area (Å²) >= 11 is 0. The van der Waals surface area contributed by atoms with Crippen molar-refractivity contribution in [1.82, 2.24) is 5.16 Å². The van der Waals surface area contributed by atoms with Crippen LogP contribution >= 0.6 is 0 Å². The van der Waals surface area contributed by atoms with Crippen molar-refractivity contribution in [1.29, 1.82) is 0 Å². The summed E-state index contributed by atoms with van der Waals surface area (Å²) < 4.78 is 9.29. The molecule has 3 nitrogen and oxygen atoms in total. The molecular weight excluding hydrogens is 106 g/mol. The highest BCUT2D eigenvalue weighted by molar-refractivity contribution is 5.01. The molecule has 0 N–H and O–H groups in total. The Labute approximate surface area is 47.2 Å². The van der Waals surface area contributed by atoms with E-state index >= 15 is 0 Å². The lowest BCUT2D eigenvalue weighted by atomic mass is 10.7. The molecule has 0 aliphatic carbocycles. The van der Waals surface area contributed by atoms with E-state index in [0.717, 1.165) is 0 Å². The van der Waals surface area contributed by atoms with Gasteiger partial charge in [0.15, 0.2) is 0 Å². The number of nitrogens with zero attached hydrogens (tertiary/aromatic N) is 1. The van der Waals surface area contributed by atoms with Crippen LogP contribution in [-0.4, -0.2) is 11.8 Å². The lowest BCUT2D eigenvalue weighted by Gasteiger charge is -1.90. The first-order chi connectivity index (χ1) is 3.93. The first-order valence-corrected chi connectivity index (χ1v) is 2.26. The molecule has 8 heavy (non-hydrogen) atoms. The van der Waals surface area contributed by atoms with Gasteiger partial charge in [0.1, 0.15) is 6.26 Å². The van der Waals surface area contributed by atoms with E-state index < -0.39 is 0 Å². The molecule has 0 bridgehead atoms. The summed E-state index contributed by atoms with van der Waals surface area (Å²) in [6.45, 7) is 3.84. The summed E-state index contributed by atoms with van der Waals surface area (Å²) in [5.41, 5.74) is 0. The minimum absolute atomic E-state index is 0.381. The largest absolute Gasteiger partial charge is 0.476 e. The van der Waals surface area contributed by atoms with Gasteiger partial charge in [0, 0.05) is 6.07 Å². The fraction of sp³-hybridized carbons (Fsp3) is 0.200. The number of hydrogen-bond acceptors (Lipinski definition) is 3. The van der Waals surface area contributed by atoms with Gasteiger partial charge in [-0.3, -0.25) is 0 Å². The van der Waals surface area contributed by atoms with Gasteiger partial charge in [-0.15, -0.1) is 0 Å². The molecular formula is C5H6NO2. The first kappa shape index (κ1) is 5.15. The molecule has 0 unspecified atom stereocenters. The molecule has 1 rings (SSSR count). The molecule has 1 heterocycles. The van der Waals surface area contributed by atoms with Crippen molar-refractivity contribution in [3.05, 3.63) is 19.3 Å². The van der Waals surface area contributed by atoms with Crippen LogP contribution in [0.2, 0.25) is 0 Å². The van der Waals surface area contributed by atoms with Crippen LogP contribution in [0.25, 0.3) is 0 Å². The number of ether oxygens (including phenoxy) is 1. The molecule has 0 spiro atoms. The Morgan fingerprint density at radius 1 is 1.88 bits per heavy atom. The van der Waals surface area contributed by atoms with Gasteiger partial charge in [-0.1, -0.05) is 0 Å². The summed E-state index contributed by atoms with van der Waals surface area (Å²) in [5.74, 6) is 0.486. The second-order valence-electron chi connectivity index (χ2n) is 1.19. The Kier molecular flexibility index (Phi) is 1.51. The van der Waals surface area contributed by atoms with Crippen molar-refractivity contribution in [2.75, 3.05) is 6.61 Å². The van der Waals surface area contributed by atoms with Gasteiger partial charge in [-0.05, 0) is 12.1 Å². The number of hydrogen-bond donors (Lipinski definition) is 0. The van der Waals surface area contributed by atoms with Crippen LogP contribution in [0.3, 0.4) is 0 Å². The van der Waals surface area contributed by atoms with Gasteiger partial charge in [-0.2, -0.15) is 0 Å². The standard InChI is InChI=1S/C5H6NO2/c1-2-7-5-3-4-8-6-5/h3-4H,1-2H2. The van der Waals surface area contributed by atoms with Crippen LogP contribution in [0.5, 0.6) is 5.88 Å². The van der Waals surface area contributed by atoms with Crippen LogP contribution in [-0.2, 0) is 0 Å². The number of aromatic nitrogens is 1. The molecule has 0 saturated carbocycles. The minimum atomic E-state index is 0.381. The maximum Gasteiger partial charge on any atom is 0.253 e. The predicted octanol–water partition coefficient (Wildman–Crippen LogP) is 0.887. The maximum absolute atomic E-state index is 4.83. The van der Waals surface area contributed by atoms with Crippen molar-refractivity contribution >= 4 is 0 Å². The molecule has 0 saturated heterocycles. The summed E-state index contributed by atoms with van der Waals surface area (Å²) in [6.07, 6.45) is 1.45. The van der Waals surface area contributed by atoms with E-state index in [0.29, 0.717) is 12.5 Å². The Hall–Kier alpha value is -0.990. The van der Waals surface area contributed by atoms with Crippen LogP contribution in [0, 0.1) is 6.92 Å². The number of rotatable bonds is 2. The van der Waals surface area contributed by atoms with Crippen LogP contribution in [0.15, 0.2) is 16.9 Å². The topological polar surface area (TPSA) is 35.3 Å². The van der Waals surface area contributed by atoms with Gasteiger partial charge < -0.3 is 9.26 Å². The van der Waals surface area contributed by atoms with Gasteiger partial charge in [0.2, 0.25) is 0 Å². The van der Waals surface area contributed by atoms with E-state index in [1.54, 1.807) is 6.07 Å². The lowest BCUT2D eigenvalue weighted by Crippen LogP contribution is -1.90. The molecule has 0 aromatic carbocycles. The van der Waals surface area contributed by atoms with Crippen LogP contribution in [0.4, 0.5) is 0 Å². The molecule has 0 fully saturated rings. The molecule has 0 aliphatic heterocycles. The second kappa shape index (κ2) is 2.35. The zero-order chi connectivity index (χ0) is 5.82. The SMILES string of the molecule is [CH2]COc1ccon1. The van der Waals surface area contributed by atoms with Crippen LogP contribution < -0.4 is 4.74 Å². The summed E-state index contributed by atoms with van der Waals surface area (Å²) in [7, 11) is 0. The maximum atomic E-state index is 4.83. The van der Waals surface area contributed by atoms with E-state index in [1.165, 1.54) is 6.26 Å². The van der Waals surface area contributed by atoms with E-state index in [2.05, 4.69) is 16.6 Å². The van der Waals surface area contributed by atoms with E-state index in [4.69, 9.17) is 4.74 Å². The second-order valence-corrected chi connectivity index (χ2v) is 1.19. The highest BCUT2D eigenvalue weighted by Gasteiger charge is 1.90. The van der Waals surface area contributed by atoms with Gasteiger partial charge >= 0.3 is 0 Å². The third-order valence-electron chi connectivity index (χ3n) is 0.664. The Bertz CT molecular complexity index is 136. The third kappa shape index (κ3) is 0.992. The highest BCUT2D eigenvalue weighted by atomic mass is 16.5. The summed E-state index contributed by atoms with van der Waals surface area (Å²) in [5, 5.41) is 3.47. The molecule has 0 aliphatic rings. The molecule has 1 aromatic heterocycles. The van der Waals surface area contributed by atoms with Crippen molar-refractivity contribution in [3.8, 4) is 5.88 Å². The van der Waals surface area contributed by atoms with E-state index in [-0.39, 0.29) is 0 Å². The minimum Gasteiger partial charge on any atom is -0.476 e. The third-order valence-corrected chi connectivity index (χ3v) is 0.664. The van der Waals surface area contributed by atoms with E-state index in [9.17, 15) is 0 Å². The summed E-state index contributed by atoms with van der Waals surface area (Å²) in [6, 6.07) is 1.63. The molecule has 43 valence electrons. The zero-order valence-corrected chi connectivity index (χ0v) is 4.33. The van der Waals surface area contributed by atoms with Crippen molar-refractivity contribution in [2.24, 2.45) is 0 Å². The fourth-order valence-electron chi connectivity index (χ4n) is 0.380. The Balaban J connectivity index is 2.50. The van der Waals surface area contributed by atoms with Crippen LogP contribution in [0.1, 0.15) is 0 Å². The monoisotopic (exact) mass is 112 g/mol. The van der Waals surface area contributed by atoms with Crippen molar-refractivity contribution in [3.63, 3.8) is 0 Å². The molecule has 1 aromatic rings. The van der Waals surface area contributed by atoms with Gasteiger partial charge in [0.05, 0.1) is 6.61 Å². The lowest BCUT2D eigenvalue weighted by molar-refractivity contribution is 0.308. The quantitative estimate of drug-likeness (QED) is 0.569. The van der Waals surface area contributed by atoms with E-state index in [1.807, 2.05) is 0 Å². The smallest absolute Gasteiger partial charge is 0.253 e. The molecule has 0 amide bonds. The van der Waals surface area contributed by atoms with Gasteiger partial charge in [0.25, 0.3) is 5.88 Å². The average molecular weight is 112 g/mol. The van der Waals surface area contributed by atoms with Crippen molar-refractivity contribution in [2.45, 2.75) is 0 Å². The Morgan fingerprint density at radius 2 is 2.75 bits per heavy atom. The van der Waals surface area contributed by atoms with Crippen molar-refractivity contribution < 1.29 is 9.26 Å². The normalized spacial score (nSPS) is 9.12.